The normalized spacial score (nSPS) is 10.4. The van der Waals surface area contributed by atoms with Crippen molar-refractivity contribution in [1.29, 1.82) is 0 Å². The third kappa shape index (κ3) is 7.32. The largest absolute Gasteiger partial charge is 0.494 e. The molecule has 0 aromatic heterocycles. The Hall–Kier alpha value is -3.51. The fraction of sp³-hybridized carbons (Fsp3) is 0.200. The van der Waals surface area contributed by atoms with Crippen LogP contribution in [0, 0.1) is 0 Å². The van der Waals surface area contributed by atoms with E-state index >= 15 is 0 Å². The second-order valence-corrected chi connectivity index (χ2v) is 7.53. The molecule has 0 aliphatic carbocycles. The number of anilines is 1. The Bertz CT molecular complexity index is 1040. The number of ether oxygens (including phenoxy) is 2. The van der Waals surface area contributed by atoms with Crippen LogP contribution in [-0.4, -0.2) is 30.2 Å². The fourth-order valence-corrected chi connectivity index (χ4v) is 3.20. The molecule has 32 heavy (non-hydrogen) atoms. The van der Waals surface area contributed by atoms with Gasteiger partial charge in [0.05, 0.1) is 12.3 Å². The number of hydrogen-bond donors (Lipinski definition) is 2. The maximum atomic E-state index is 12.6. The van der Waals surface area contributed by atoms with Crippen LogP contribution in [0.4, 0.5) is 5.69 Å². The summed E-state index contributed by atoms with van der Waals surface area (Å²) in [5.41, 5.74) is 2.03. The second kappa shape index (κ2) is 11.8. The van der Waals surface area contributed by atoms with Gasteiger partial charge in [-0.15, -0.1) is 0 Å². The number of carboxylic acid groups (broad SMARTS) is 1. The van der Waals surface area contributed by atoms with Gasteiger partial charge in [-0.3, -0.25) is 4.79 Å². The van der Waals surface area contributed by atoms with Gasteiger partial charge in [-0.05, 0) is 67.3 Å². The second-order valence-electron chi connectivity index (χ2n) is 7.09. The minimum Gasteiger partial charge on any atom is -0.494 e. The zero-order valence-corrected chi connectivity index (χ0v) is 18.2. The van der Waals surface area contributed by atoms with Crippen LogP contribution >= 0.6 is 11.6 Å². The van der Waals surface area contributed by atoms with E-state index in [1.165, 1.54) is 17.7 Å². The molecular weight excluding hydrogens is 430 g/mol. The molecule has 0 unspecified atom stereocenters. The lowest BCUT2D eigenvalue weighted by Crippen LogP contribution is -2.15. The van der Waals surface area contributed by atoms with E-state index in [1.807, 2.05) is 18.2 Å². The van der Waals surface area contributed by atoms with Gasteiger partial charge in [-0.1, -0.05) is 41.9 Å². The van der Waals surface area contributed by atoms with Crippen LogP contribution < -0.4 is 14.8 Å². The molecule has 0 atom stereocenters. The molecule has 0 heterocycles. The van der Waals surface area contributed by atoms with Crippen molar-refractivity contribution in [3.05, 3.63) is 88.9 Å². The van der Waals surface area contributed by atoms with E-state index in [4.69, 9.17) is 26.2 Å². The summed E-state index contributed by atoms with van der Waals surface area (Å²) < 4.78 is 11.0. The van der Waals surface area contributed by atoms with Crippen LogP contribution in [0.5, 0.6) is 11.5 Å². The molecule has 0 fully saturated rings. The van der Waals surface area contributed by atoms with E-state index in [2.05, 4.69) is 17.4 Å². The highest BCUT2D eigenvalue weighted by atomic mass is 35.5. The molecule has 0 saturated carbocycles. The van der Waals surface area contributed by atoms with Crippen molar-refractivity contribution in [1.82, 2.24) is 0 Å². The Morgan fingerprint density at radius 1 is 0.906 bits per heavy atom. The Balaban J connectivity index is 1.49. The molecule has 7 heteroatoms. The molecular formula is C25H24ClNO5. The first-order valence-electron chi connectivity index (χ1n) is 10.2. The molecule has 0 spiro atoms. The highest BCUT2D eigenvalue weighted by molar-refractivity contribution is 6.31. The molecule has 3 aromatic rings. The summed E-state index contributed by atoms with van der Waals surface area (Å²) in [7, 11) is 0. The average molecular weight is 454 g/mol. The SMILES string of the molecule is O=C(O)COc1ccc(Cl)cc1NC(=O)c1ccc(OCCCCc2ccccc2)cc1. The van der Waals surface area contributed by atoms with Gasteiger partial charge >= 0.3 is 5.97 Å². The summed E-state index contributed by atoms with van der Waals surface area (Å²) in [6, 6.07) is 21.7. The Kier molecular flexibility index (Phi) is 8.52. The topological polar surface area (TPSA) is 84.9 Å². The molecule has 0 radical (unpaired) electrons. The number of halogens is 1. The van der Waals surface area contributed by atoms with E-state index in [1.54, 1.807) is 30.3 Å². The van der Waals surface area contributed by atoms with Crippen molar-refractivity contribution in [3.63, 3.8) is 0 Å². The Labute approximate surface area is 191 Å². The summed E-state index contributed by atoms with van der Waals surface area (Å²) in [6.07, 6.45) is 2.99. The number of unbranched alkanes of at least 4 members (excludes halogenated alkanes) is 1. The van der Waals surface area contributed by atoms with E-state index in [0.717, 1.165) is 19.3 Å². The van der Waals surface area contributed by atoms with Gasteiger partial charge in [0.2, 0.25) is 0 Å². The van der Waals surface area contributed by atoms with Gasteiger partial charge < -0.3 is 19.9 Å². The third-order valence-electron chi connectivity index (χ3n) is 4.63. The Morgan fingerprint density at radius 2 is 1.66 bits per heavy atom. The number of benzene rings is 3. The van der Waals surface area contributed by atoms with Crippen molar-refractivity contribution in [2.45, 2.75) is 19.3 Å². The van der Waals surface area contributed by atoms with Crippen molar-refractivity contribution in [2.24, 2.45) is 0 Å². The fourth-order valence-electron chi connectivity index (χ4n) is 3.03. The van der Waals surface area contributed by atoms with Gasteiger partial charge in [0.15, 0.2) is 6.61 Å². The number of hydrogen-bond acceptors (Lipinski definition) is 4. The van der Waals surface area contributed by atoms with E-state index in [9.17, 15) is 9.59 Å². The summed E-state index contributed by atoms with van der Waals surface area (Å²) >= 11 is 6.00. The number of carbonyl (C=O) groups excluding carboxylic acids is 1. The first-order valence-corrected chi connectivity index (χ1v) is 10.6. The van der Waals surface area contributed by atoms with Crippen LogP contribution in [0.3, 0.4) is 0 Å². The maximum Gasteiger partial charge on any atom is 0.341 e. The maximum absolute atomic E-state index is 12.6. The molecule has 6 nitrogen and oxygen atoms in total. The summed E-state index contributed by atoms with van der Waals surface area (Å²) in [5.74, 6) is -0.579. The highest BCUT2D eigenvalue weighted by Gasteiger charge is 2.12. The van der Waals surface area contributed by atoms with E-state index in [-0.39, 0.29) is 11.7 Å². The first kappa shape index (κ1) is 23.2. The predicted octanol–water partition coefficient (Wildman–Crippen LogP) is 5.46. The zero-order chi connectivity index (χ0) is 22.8. The van der Waals surface area contributed by atoms with Crippen LogP contribution in [0.25, 0.3) is 0 Å². The summed E-state index contributed by atoms with van der Waals surface area (Å²) in [5, 5.41) is 11.9. The lowest BCUT2D eigenvalue weighted by atomic mass is 10.1. The summed E-state index contributed by atoms with van der Waals surface area (Å²) in [6.45, 7) is 0.0764. The van der Waals surface area contributed by atoms with Gasteiger partial charge in [0, 0.05) is 10.6 Å². The van der Waals surface area contributed by atoms with Crippen LogP contribution in [-0.2, 0) is 11.2 Å². The minimum atomic E-state index is -1.12. The molecule has 0 saturated heterocycles. The molecule has 3 rings (SSSR count). The molecule has 3 aromatic carbocycles. The quantitative estimate of drug-likeness (QED) is 0.377. The number of nitrogens with one attached hydrogen (secondary N) is 1. The van der Waals surface area contributed by atoms with Crippen LogP contribution in [0.1, 0.15) is 28.8 Å². The average Bonchev–Trinajstić information content (AvgIpc) is 2.79. The molecule has 0 bridgehead atoms. The van der Waals surface area contributed by atoms with Crippen molar-refractivity contribution in [2.75, 3.05) is 18.5 Å². The standard InChI is InChI=1S/C25H24ClNO5/c26-20-11-14-23(32-17-24(28)29)22(16-20)27-25(30)19-9-12-21(13-10-19)31-15-5-4-8-18-6-2-1-3-7-18/h1-3,6-7,9-14,16H,4-5,8,15,17H2,(H,27,30)(H,28,29). The minimum absolute atomic E-state index is 0.223. The summed E-state index contributed by atoms with van der Waals surface area (Å²) in [4.78, 5) is 23.3. The monoisotopic (exact) mass is 453 g/mol. The smallest absolute Gasteiger partial charge is 0.341 e. The lowest BCUT2D eigenvalue weighted by molar-refractivity contribution is -0.139. The highest BCUT2D eigenvalue weighted by Crippen LogP contribution is 2.28. The molecule has 166 valence electrons. The van der Waals surface area contributed by atoms with Gasteiger partial charge in [-0.25, -0.2) is 4.79 Å². The lowest BCUT2D eigenvalue weighted by Gasteiger charge is -2.12. The number of aryl methyl sites for hydroxylation is 1. The van der Waals surface area contributed by atoms with Gasteiger partial charge in [-0.2, -0.15) is 0 Å². The third-order valence-corrected chi connectivity index (χ3v) is 4.86. The van der Waals surface area contributed by atoms with Crippen LogP contribution in [0.2, 0.25) is 5.02 Å². The van der Waals surface area contributed by atoms with Crippen molar-refractivity contribution < 1.29 is 24.2 Å². The van der Waals surface area contributed by atoms with E-state index < -0.39 is 12.6 Å². The van der Waals surface area contributed by atoms with E-state index in [0.29, 0.717) is 28.6 Å². The molecule has 2 N–H and O–H groups in total. The predicted molar refractivity (Wildman–Crippen MR) is 124 cm³/mol. The number of carboxylic acids is 1. The number of carbonyl (C=O) groups is 2. The zero-order valence-electron chi connectivity index (χ0n) is 17.4. The number of amides is 1. The van der Waals surface area contributed by atoms with Gasteiger partial charge in [0.25, 0.3) is 5.91 Å². The van der Waals surface area contributed by atoms with Crippen LogP contribution in [0.15, 0.2) is 72.8 Å². The van der Waals surface area contributed by atoms with Crippen molar-refractivity contribution in [3.8, 4) is 11.5 Å². The molecule has 1 amide bonds. The first-order chi connectivity index (χ1) is 15.5. The van der Waals surface area contributed by atoms with Gasteiger partial charge in [0.1, 0.15) is 11.5 Å². The van der Waals surface area contributed by atoms with Crippen molar-refractivity contribution >= 4 is 29.2 Å². The number of aliphatic carboxylic acids is 1. The molecule has 0 aliphatic heterocycles. The number of rotatable bonds is 11. The Morgan fingerprint density at radius 3 is 2.38 bits per heavy atom. The molecule has 0 aliphatic rings.